The highest BCUT2D eigenvalue weighted by Crippen LogP contribution is 2.25. The van der Waals surface area contributed by atoms with Crippen molar-refractivity contribution in [3.63, 3.8) is 0 Å². The predicted octanol–water partition coefficient (Wildman–Crippen LogP) is 2.57. The third-order valence-corrected chi connectivity index (χ3v) is 3.23. The van der Waals surface area contributed by atoms with Crippen LogP contribution in [0.2, 0.25) is 0 Å². The largest absolute Gasteiger partial charge is 0.294 e. The molecule has 0 saturated carbocycles. The van der Waals surface area contributed by atoms with Crippen molar-refractivity contribution in [3.05, 3.63) is 34.3 Å². The van der Waals surface area contributed by atoms with Gasteiger partial charge in [0.25, 0.3) is 0 Å². The summed E-state index contributed by atoms with van der Waals surface area (Å²) in [5.41, 5.74) is 0.254. The molecule has 1 aromatic carbocycles. The number of benzene rings is 1. The quantitative estimate of drug-likeness (QED) is 0.789. The molecule has 0 unspecified atom stereocenters. The number of nitriles is 4. The van der Waals surface area contributed by atoms with Crippen LogP contribution in [-0.2, 0) is 0 Å². The maximum Gasteiger partial charge on any atom is 0.170 e. The number of hydrogen-bond donors (Lipinski definition) is 0. The summed E-state index contributed by atoms with van der Waals surface area (Å²) in [5.74, 6) is -4.51. The Kier molecular flexibility index (Phi) is 5.42. The number of carbonyl (C=O) groups is 1. The van der Waals surface area contributed by atoms with Gasteiger partial charge in [-0.15, -0.1) is 0 Å². The Bertz CT molecular complexity index is 610. The highest BCUT2D eigenvalue weighted by molar-refractivity contribution is 9.10. The van der Waals surface area contributed by atoms with Crippen molar-refractivity contribution in [2.45, 2.75) is 0 Å². The molecule has 0 fully saturated rings. The Morgan fingerprint density at radius 1 is 0.900 bits per heavy atom. The molecule has 0 aliphatic rings. The van der Waals surface area contributed by atoms with Gasteiger partial charge in [0.15, 0.2) is 5.78 Å². The summed E-state index contributed by atoms with van der Waals surface area (Å²) in [6.07, 6.45) is 0. The van der Waals surface area contributed by atoms with Gasteiger partial charge in [-0.3, -0.25) is 4.79 Å². The van der Waals surface area contributed by atoms with Gasteiger partial charge in [-0.2, -0.15) is 21.0 Å². The van der Waals surface area contributed by atoms with Gasteiger partial charge in [0.05, 0.1) is 30.2 Å². The van der Waals surface area contributed by atoms with E-state index < -0.39 is 23.5 Å². The minimum Gasteiger partial charge on any atom is -0.294 e. The summed E-state index contributed by atoms with van der Waals surface area (Å²) in [4.78, 5) is 12.4. The number of Topliss-reactive ketones (excluding diaryl/α,β-unsaturated/α-hetero) is 1. The Morgan fingerprint density at radius 2 is 1.30 bits per heavy atom. The van der Waals surface area contributed by atoms with Crippen LogP contribution in [0.4, 0.5) is 0 Å². The molecule has 0 saturated heterocycles. The third-order valence-electron chi connectivity index (χ3n) is 2.71. The molecule has 0 atom stereocenters. The number of hydrogen-bond acceptors (Lipinski definition) is 5. The molecule has 1 rings (SSSR count). The monoisotopic (exact) mass is 326 g/mol. The van der Waals surface area contributed by atoms with Crippen LogP contribution in [0.25, 0.3) is 0 Å². The fraction of sp³-hybridized carbons (Fsp3) is 0.214. The zero-order chi connectivity index (χ0) is 15.1. The molecular formula is C14H7BrN4O. The molecule has 96 valence electrons. The van der Waals surface area contributed by atoms with Gasteiger partial charge in [0.1, 0.15) is 11.8 Å². The lowest BCUT2D eigenvalue weighted by Gasteiger charge is -2.16. The van der Waals surface area contributed by atoms with Gasteiger partial charge in [0, 0.05) is 10.0 Å². The zero-order valence-corrected chi connectivity index (χ0v) is 11.7. The normalized spacial score (nSPS) is 9.60. The maximum atomic E-state index is 12.4. The van der Waals surface area contributed by atoms with Crippen molar-refractivity contribution < 1.29 is 4.79 Å². The number of nitrogens with zero attached hydrogens (tertiary/aromatic N) is 4. The van der Waals surface area contributed by atoms with E-state index in [-0.39, 0.29) is 5.56 Å². The lowest BCUT2D eigenvalue weighted by molar-refractivity contribution is 0.0890. The van der Waals surface area contributed by atoms with Crippen LogP contribution >= 0.6 is 15.9 Å². The maximum absolute atomic E-state index is 12.4. The summed E-state index contributed by atoms with van der Waals surface area (Å²) in [5, 5.41) is 35.7. The smallest absolute Gasteiger partial charge is 0.170 e. The van der Waals surface area contributed by atoms with Crippen LogP contribution in [0.3, 0.4) is 0 Å². The van der Waals surface area contributed by atoms with E-state index in [4.69, 9.17) is 21.0 Å². The standard InChI is InChI=1S/C14H7BrN4O/c15-12-3-1-9(2-4-12)14(20)13(10(5-16)6-17)11(7-18)8-19/h1-4,10-11,13H. The SMILES string of the molecule is N#CC(C#N)C(C(=O)c1ccc(Br)cc1)C(C#N)C#N. The van der Waals surface area contributed by atoms with E-state index in [1.165, 1.54) is 12.1 Å². The molecular weight excluding hydrogens is 320 g/mol. The summed E-state index contributed by atoms with van der Waals surface area (Å²) >= 11 is 3.22. The highest BCUT2D eigenvalue weighted by atomic mass is 79.9. The first-order valence-electron chi connectivity index (χ1n) is 5.47. The second-order valence-corrected chi connectivity index (χ2v) is 4.78. The van der Waals surface area contributed by atoms with Crippen LogP contribution in [0.1, 0.15) is 10.4 Å². The van der Waals surface area contributed by atoms with Gasteiger partial charge in [0.2, 0.25) is 0 Å². The first-order chi connectivity index (χ1) is 9.58. The average molecular weight is 327 g/mol. The molecule has 0 heterocycles. The van der Waals surface area contributed by atoms with Gasteiger partial charge in [-0.05, 0) is 12.1 Å². The van der Waals surface area contributed by atoms with E-state index >= 15 is 0 Å². The Balaban J connectivity index is 3.26. The minimum atomic E-state index is -1.34. The molecule has 0 amide bonds. The summed E-state index contributed by atoms with van der Waals surface area (Å²) in [6, 6.07) is 13.0. The van der Waals surface area contributed by atoms with Crippen molar-refractivity contribution in [2.75, 3.05) is 0 Å². The van der Waals surface area contributed by atoms with Crippen molar-refractivity contribution in [2.24, 2.45) is 17.8 Å². The molecule has 0 aliphatic carbocycles. The summed E-state index contributed by atoms with van der Waals surface area (Å²) in [6.45, 7) is 0. The van der Waals surface area contributed by atoms with Gasteiger partial charge >= 0.3 is 0 Å². The Labute approximate surface area is 124 Å². The molecule has 20 heavy (non-hydrogen) atoms. The number of ketones is 1. The lowest BCUT2D eigenvalue weighted by atomic mass is 9.79. The van der Waals surface area contributed by atoms with E-state index in [1.807, 2.05) is 0 Å². The van der Waals surface area contributed by atoms with Crippen molar-refractivity contribution >= 4 is 21.7 Å². The number of rotatable bonds is 4. The van der Waals surface area contributed by atoms with Crippen LogP contribution in [0.5, 0.6) is 0 Å². The van der Waals surface area contributed by atoms with Crippen LogP contribution < -0.4 is 0 Å². The summed E-state index contributed by atoms with van der Waals surface area (Å²) < 4.78 is 0.764. The van der Waals surface area contributed by atoms with Crippen molar-refractivity contribution in [1.82, 2.24) is 0 Å². The predicted molar refractivity (Wildman–Crippen MR) is 71.4 cm³/mol. The lowest BCUT2D eigenvalue weighted by Crippen LogP contribution is -2.28. The first kappa shape index (κ1) is 15.4. The molecule has 0 bridgehead atoms. The fourth-order valence-electron chi connectivity index (χ4n) is 1.68. The van der Waals surface area contributed by atoms with Crippen molar-refractivity contribution in [3.8, 4) is 24.3 Å². The van der Waals surface area contributed by atoms with Crippen LogP contribution in [-0.4, -0.2) is 5.78 Å². The van der Waals surface area contributed by atoms with Gasteiger partial charge in [-0.1, -0.05) is 28.1 Å². The van der Waals surface area contributed by atoms with Crippen molar-refractivity contribution in [1.29, 1.82) is 21.0 Å². The second kappa shape index (κ2) is 7.05. The molecule has 0 aliphatic heterocycles. The van der Waals surface area contributed by atoms with Crippen LogP contribution in [0.15, 0.2) is 28.7 Å². The van der Waals surface area contributed by atoms with Crippen LogP contribution in [0, 0.1) is 63.1 Å². The van der Waals surface area contributed by atoms with E-state index in [0.717, 1.165) is 4.47 Å². The molecule has 6 heteroatoms. The molecule has 5 nitrogen and oxygen atoms in total. The van der Waals surface area contributed by atoms with E-state index in [9.17, 15) is 4.79 Å². The number of halogens is 1. The fourth-order valence-corrected chi connectivity index (χ4v) is 1.95. The Morgan fingerprint density at radius 3 is 1.65 bits per heavy atom. The van der Waals surface area contributed by atoms with Gasteiger partial charge in [-0.25, -0.2) is 0 Å². The average Bonchev–Trinajstić information content (AvgIpc) is 2.48. The topological polar surface area (TPSA) is 112 Å². The first-order valence-corrected chi connectivity index (χ1v) is 6.26. The highest BCUT2D eigenvalue weighted by Gasteiger charge is 2.36. The van der Waals surface area contributed by atoms with E-state index in [2.05, 4.69) is 15.9 Å². The van der Waals surface area contributed by atoms with E-state index in [1.54, 1.807) is 36.4 Å². The second-order valence-electron chi connectivity index (χ2n) is 3.87. The minimum absolute atomic E-state index is 0.254. The van der Waals surface area contributed by atoms with E-state index in [0.29, 0.717) is 0 Å². The molecule has 0 aromatic heterocycles. The Hall–Kier alpha value is -2.67. The third kappa shape index (κ3) is 3.21. The molecule has 1 aromatic rings. The number of carbonyl (C=O) groups excluding carboxylic acids is 1. The van der Waals surface area contributed by atoms with Gasteiger partial charge < -0.3 is 0 Å². The molecule has 0 radical (unpaired) electrons. The summed E-state index contributed by atoms with van der Waals surface area (Å²) in [7, 11) is 0. The molecule has 0 N–H and O–H groups in total. The molecule has 0 spiro atoms. The zero-order valence-electron chi connectivity index (χ0n) is 10.1.